The largest absolute Gasteiger partial charge is 0.338 e. The Bertz CT molecular complexity index is 2150. The molecule has 2 aromatic heterocycles. The van der Waals surface area contributed by atoms with Crippen LogP contribution < -0.4 is 5.73 Å². The summed E-state index contributed by atoms with van der Waals surface area (Å²) >= 11 is 0. The minimum Gasteiger partial charge on any atom is -0.338 e. The van der Waals surface area contributed by atoms with E-state index in [1.165, 1.54) is 18.9 Å². The van der Waals surface area contributed by atoms with Crippen molar-refractivity contribution < 1.29 is 14.0 Å². The summed E-state index contributed by atoms with van der Waals surface area (Å²) in [5.41, 5.74) is 10.6. The van der Waals surface area contributed by atoms with Crippen molar-refractivity contribution in [3.05, 3.63) is 89.2 Å². The molecule has 4 heterocycles. The quantitative estimate of drug-likeness (QED) is 0.255. The molecule has 4 aliphatic rings. The molecule has 4 fully saturated rings. The number of likely N-dealkylation sites (tertiary alicyclic amines) is 2. The summed E-state index contributed by atoms with van der Waals surface area (Å²) in [6.45, 7) is 3.01. The molecule has 0 spiro atoms. The van der Waals surface area contributed by atoms with Gasteiger partial charge in [-0.05, 0) is 86.1 Å². The van der Waals surface area contributed by atoms with Gasteiger partial charge in [0.2, 0.25) is 0 Å². The number of fused-ring (bicyclic) bond motifs is 4. The summed E-state index contributed by atoms with van der Waals surface area (Å²) in [5, 5.41) is 10.2. The predicted molar refractivity (Wildman–Crippen MR) is 179 cm³/mol. The average molecular weight is 642 g/mol. The van der Waals surface area contributed by atoms with Gasteiger partial charge in [-0.25, -0.2) is 9.37 Å². The molecule has 2 saturated heterocycles. The molecular formula is C38H36FN7O2. The molecule has 5 aromatic rings. The van der Waals surface area contributed by atoms with E-state index in [1.54, 1.807) is 35.2 Å². The summed E-state index contributed by atoms with van der Waals surface area (Å²) in [5.74, 6) is 0.926. The zero-order valence-electron chi connectivity index (χ0n) is 26.6. The van der Waals surface area contributed by atoms with Gasteiger partial charge in [-0.1, -0.05) is 18.2 Å². The van der Waals surface area contributed by atoms with E-state index >= 15 is 4.39 Å². The van der Waals surface area contributed by atoms with Crippen molar-refractivity contribution in [2.24, 2.45) is 23.5 Å². The molecule has 242 valence electrons. The van der Waals surface area contributed by atoms with Gasteiger partial charge in [0.1, 0.15) is 11.3 Å². The number of nitrogens with zero attached hydrogens (tertiary/aromatic N) is 6. The zero-order valence-corrected chi connectivity index (χ0v) is 26.6. The van der Waals surface area contributed by atoms with E-state index in [4.69, 9.17) is 16.0 Å². The first-order chi connectivity index (χ1) is 23.4. The highest BCUT2D eigenvalue weighted by Crippen LogP contribution is 2.40. The van der Waals surface area contributed by atoms with E-state index in [1.807, 2.05) is 21.6 Å². The standard InChI is InChI=1S/C38H36FN7O2/c39-29-13-28(38(48)45-21-27-11-12-32(45)34(27)41)14-30-35(29)46(20-24-17-43(18-24)37(47)25-9-7-22(16-40)8-10-25)36(42-30)33-15-26-3-1-2-4-31(26)44(33)19-23-5-6-23/h1-4,7-10,13-15,23-24,27,32,34H,5-6,11-12,17-21,41H2/t27?,32?,34-/m1/s1. The van der Waals surface area contributed by atoms with Crippen LogP contribution in [0.15, 0.2) is 66.7 Å². The lowest BCUT2D eigenvalue weighted by molar-refractivity contribution is 0.0471. The molecule has 0 radical (unpaired) electrons. The first kappa shape index (κ1) is 29.2. The van der Waals surface area contributed by atoms with Crippen LogP contribution in [0.2, 0.25) is 0 Å². The number of aromatic nitrogens is 3. The van der Waals surface area contributed by atoms with Gasteiger partial charge in [0.25, 0.3) is 11.8 Å². The fourth-order valence-electron chi connectivity index (χ4n) is 8.29. The second-order valence-corrected chi connectivity index (χ2v) is 14.2. The Morgan fingerprint density at radius 1 is 0.875 bits per heavy atom. The lowest BCUT2D eigenvalue weighted by atomic mass is 9.98. The summed E-state index contributed by atoms with van der Waals surface area (Å²) in [6.07, 6.45) is 4.30. The van der Waals surface area contributed by atoms with Crippen LogP contribution in [0.5, 0.6) is 0 Å². The number of carbonyl (C=O) groups excluding carboxylic acids is 2. The molecule has 48 heavy (non-hydrogen) atoms. The van der Waals surface area contributed by atoms with Gasteiger partial charge < -0.3 is 24.7 Å². The molecule has 2 unspecified atom stereocenters. The monoisotopic (exact) mass is 641 g/mol. The first-order valence-electron chi connectivity index (χ1n) is 17.0. The SMILES string of the molecule is N#Cc1ccc(C(=O)N2CC(Cn3c(-c4cc5ccccc5n4CC4CC4)nc4cc(C(=O)N5CC6CCC5[C@@H]6N)cc(F)c43)C2)cc1. The summed E-state index contributed by atoms with van der Waals surface area (Å²) < 4.78 is 20.7. The van der Waals surface area contributed by atoms with Crippen LogP contribution in [0.1, 0.15) is 52.0 Å². The number of para-hydroxylation sites is 1. The molecule has 10 heteroatoms. The lowest BCUT2D eigenvalue weighted by Gasteiger charge is -2.39. The van der Waals surface area contributed by atoms with E-state index in [9.17, 15) is 9.59 Å². The highest BCUT2D eigenvalue weighted by Gasteiger charge is 2.47. The third-order valence-corrected chi connectivity index (χ3v) is 11.1. The molecule has 2 saturated carbocycles. The van der Waals surface area contributed by atoms with E-state index < -0.39 is 5.82 Å². The molecule has 9 rings (SSSR count). The maximum atomic E-state index is 16.4. The van der Waals surface area contributed by atoms with Crippen LogP contribution in [0.3, 0.4) is 0 Å². The molecule has 2 aliphatic heterocycles. The van der Waals surface area contributed by atoms with Crippen molar-refractivity contribution in [1.29, 1.82) is 5.26 Å². The average Bonchev–Trinajstić information content (AvgIpc) is 3.43. The van der Waals surface area contributed by atoms with Crippen molar-refractivity contribution in [2.75, 3.05) is 19.6 Å². The maximum Gasteiger partial charge on any atom is 0.254 e. The van der Waals surface area contributed by atoms with Gasteiger partial charge >= 0.3 is 0 Å². The van der Waals surface area contributed by atoms with Crippen LogP contribution in [-0.4, -0.2) is 67.5 Å². The highest BCUT2D eigenvalue weighted by molar-refractivity contribution is 5.99. The number of halogens is 1. The highest BCUT2D eigenvalue weighted by atomic mass is 19.1. The molecule has 2 N–H and O–H groups in total. The Hall–Kier alpha value is -5.01. The van der Waals surface area contributed by atoms with Gasteiger partial charge in [-0.3, -0.25) is 9.59 Å². The summed E-state index contributed by atoms with van der Waals surface area (Å²) in [6, 6.07) is 22.3. The topological polar surface area (TPSA) is 113 Å². The fourth-order valence-corrected chi connectivity index (χ4v) is 8.29. The van der Waals surface area contributed by atoms with Crippen molar-refractivity contribution >= 4 is 33.8 Å². The van der Waals surface area contributed by atoms with E-state index in [2.05, 4.69) is 28.8 Å². The van der Waals surface area contributed by atoms with Crippen LogP contribution in [-0.2, 0) is 13.1 Å². The molecule has 2 amide bonds. The minimum atomic E-state index is -0.474. The summed E-state index contributed by atoms with van der Waals surface area (Å²) in [7, 11) is 0. The number of benzene rings is 3. The fraction of sp³-hybridized carbons (Fsp3) is 0.368. The Labute approximate surface area is 277 Å². The van der Waals surface area contributed by atoms with Crippen LogP contribution in [0.4, 0.5) is 4.39 Å². The lowest BCUT2D eigenvalue weighted by Crippen LogP contribution is -2.51. The third-order valence-electron chi connectivity index (χ3n) is 11.1. The number of piperidine rings is 1. The van der Waals surface area contributed by atoms with Crippen LogP contribution in [0, 0.1) is 34.9 Å². The van der Waals surface area contributed by atoms with Gasteiger partial charge in [-0.2, -0.15) is 5.26 Å². The number of hydrogen-bond acceptors (Lipinski definition) is 5. The molecule has 2 bridgehead atoms. The van der Waals surface area contributed by atoms with E-state index in [-0.39, 0.29) is 29.8 Å². The number of imidazole rings is 1. The van der Waals surface area contributed by atoms with E-state index in [0.717, 1.165) is 36.0 Å². The molecule has 3 aromatic carbocycles. The second-order valence-electron chi connectivity index (χ2n) is 14.2. The number of nitriles is 1. The van der Waals surface area contributed by atoms with Crippen molar-refractivity contribution in [3.63, 3.8) is 0 Å². The normalized spacial score (nSPS) is 22.1. The van der Waals surface area contributed by atoms with Gasteiger partial charge in [0.15, 0.2) is 5.82 Å². The molecule has 9 nitrogen and oxygen atoms in total. The van der Waals surface area contributed by atoms with Gasteiger partial charge in [-0.15, -0.1) is 0 Å². The number of carbonyl (C=O) groups is 2. The minimum absolute atomic E-state index is 0.000983. The van der Waals surface area contributed by atoms with E-state index in [0.29, 0.717) is 71.6 Å². The first-order valence-corrected chi connectivity index (χ1v) is 17.0. The Balaban J connectivity index is 1.09. The molecule has 3 atom stereocenters. The Kier molecular flexibility index (Phi) is 6.70. The number of amides is 2. The number of hydrogen-bond donors (Lipinski definition) is 1. The van der Waals surface area contributed by atoms with Crippen molar-refractivity contribution in [2.45, 2.75) is 50.9 Å². The Morgan fingerprint density at radius 2 is 1.65 bits per heavy atom. The van der Waals surface area contributed by atoms with Crippen LogP contribution in [0.25, 0.3) is 33.5 Å². The molecular weight excluding hydrogens is 605 g/mol. The van der Waals surface area contributed by atoms with Crippen LogP contribution >= 0.6 is 0 Å². The number of rotatable bonds is 7. The van der Waals surface area contributed by atoms with Crippen molar-refractivity contribution in [1.82, 2.24) is 23.9 Å². The van der Waals surface area contributed by atoms with Crippen molar-refractivity contribution in [3.8, 4) is 17.6 Å². The maximum absolute atomic E-state index is 16.4. The summed E-state index contributed by atoms with van der Waals surface area (Å²) in [4.78, 5) is 35.6. The smallest absolute Gasteiger partial charge is 0.254 e. The number of nitrogens with two attached hydrogens (primary N) is 1. The zero-order chi connectivity index (χ0) is 32.7. The predicted octanol–water partition coefficient (Wildman–Crippen LogP) is 5.41. The van der Waals surface area contributed by atoms with Gasteiger partial charge in [0, 0.05) is 72.8 Å². The Morgan fingerprint density at radius 3 is 2.35 bits per heavy atom. The molecule has 2 aliphatic carbocycles. The second kappa shape index (κ2) is 11.0. The third kappa shape index (κ3) is 4.71. The van der Waals surface area contributed by atoms with Gasteiger partial charge in [0.05, 0.1) is 22.8 Å².